The van der Waals surface area contributed by atoms with Crippen molar-refractivity contribution in [3.8, 4) is 5.75 Å². The van der Waals surface area contributed by atoms with Gasteiger partial charge >= 0.3 is 0 Å². The Hall–Kier alpha value is -2.83. The van der Waals surface area contributed by atoms with Crippen LogP contribution in [0.25, 0.3) is 5.65 Å². The number of hydrogen-bond donors (Lipinski definition) is 0. The molecular weight excluding hydrogens is 364 g/mol. The number of carbonyl (C=O) groups excluding carboxylic acids is 1. The first-order valence-electron chi connectivity index (χ1n) is 9.37. The number of ketones is 1. The zero-order valence-corrected chi connectivity index (χ0v) is 15.7. The van der Waals surface area contributed by atoms with Gasteiger partial charge in [-0.05, 0) is 38.8 Å². The Kier molecular flexibility index (Phi) is 4.83. The maximum Gasteiger partial charge on any atom is 0.280 e. The average Bonchev–Trinajstić information content (AvgIpc) is 3.42. The molecule has 4 rings (SSSR count). The normalized spacial score (nSPS) is 14.2. The summed E-state index contributed by atoms with van der Waals surface area (Å²) in [5.74, 6) is 0.757. The Morgan fingerprint density at radius 1 is 1.25 bits per heavy atom. The molecule has 28 heavy (non-hydrogen) atoms. The molecule has 1 fully saturated rings. The number of aromatic nitrogens is 3. The molecule has 0 radical (unpaired) electrons. The molecule has 146 valence electrons. The van der Waals surface area contributed by atoms with Gasteiger partial charge < -0.3 is 9.14 Å². The number of hydrogen-bond acceptors (Lipinski definition) is 4. The molecule has 0 unspecified atom stereocenters. The van der Waals surface area contributed by atoms with Gasteiger partial charge in [-0.3, -0.25) is 4.79 Å². The molecule has 0 aliphatic heterocycles. The van der Waals surface area contributed by atoms with Gasteiger partial charge in [-0.15, -0.1) is 0 Å². The van der Waals surface area contributed by atoms with Crippen LogP contribution in [0.1, 0.15) is 66.5 Å². The van der Waals surface area contributed by atoms with E-state index >= 15 is 0 Å². The Morgan fingerprint density at radius 2 is 2.04 bits per heavy atom. The fraction of sp³-hybridized carbons (Fsp3) is 0.381. The van der Waals surface area contributed by atoms with Gasteiger partial charge in [-0.25, -0.2) is 18.7 Å². The van der Waals surface area contributed by atoms with E-state index in [0.717, 1.165) is 24.2 Å². The first-order valence-corrected chi connectivity index (χ1v) is 9.37. The molecule has 3 aromatic heterocycles. The smallest absolute Gasteiger partial charge is 0.280 e. The second-order valence-electron chi connectivity index (χ2n) is 7.38. The lowest BCUT2D eigenvalue weighted by Crippen LogP contribution is -2.12. The highest BCUT2D eigenvalue weighted by molar-refractivity contribution is 5.96. The van der Waals surface area contributed by atoms with Gasteiger partial charge in [0.1, 0.15) is 22.8 Å². The molecule has 0 spiro atoms. The third kappa shape index (κ3) is 3.88. The Balaban J connectivity index is 1.67. The predicted molar refractivity (Wildman–Crippen MR) is 100 cm³/mol. The average molecular weight is 385 g/mol. The number of ether oxygens (including phenoxy) is 1. The van der Waals surface area contributed by atoms with E-state index in [0.29, 0.717) is 17.2 Å². The molecule has 1 aliphatic rings. The van der Waals surface area contributed by atoms with Gasteiger partial charge in [0.15, 0.2) is 5.78 Å². The quantitative estimate of drug-likeness (QED) is 0.551. The maximum absolute atomic E-state index is 12.9. The van der Waals surface area contributed by atoms with Crippen LogP contribution < -0.4 is 4.74 Å². The van der Waals surface area contributed by atoms with Crippen LogP contribution >= 0.6 is 0 Å². The predicted octanol–water partition coefficient (Wildman–Crippen LogP) is 4.76. The number of carbonyl (C=O) groups is 1. The summed E-state index contributed by atoms with van der Waals surface area (Å²) < 4.78 is 33.6. The highest BCUT2D eigenvalue weighted by Gasteiger charge is 2.26. The van der Waals surface area contributed by atoms with Gasteiger partial charge in [0, 0.05) is 36.4 Å². The lowest BCUT2D eigenvalue weighted by molar-refractivity contribution is 0.0984. The monoisotopic (exact) mass is 385 g/mol. The van der Waals surface area contributed by atoms with Crippen molar-refractivity contribution in [1.29, 1.82) is 0 Å². The molecule has 3 aromatic rings. The highest BCUT2D eigenvalue weighted by atomic mass is 19.3. The van der Waals surface area contributed by atoms with Gasteiger partial charge in [0.25, 0.3) is 6.43 Å². The van der Waals surface area contributed by atoms with Crippen molar-refractivity contribution >= 4 is 11.4 Å². The molecule has 0 bridgehead atoms. The number of imidazole rings is 1. The van der Waals surface area contributed by atoms with Crippen LogP contribution in [0, 0.1) is 0 Å². The van der Waals surface area contributed by atoms with Gasteiger partial charge in [0.05, 0.1) is 11.8 Å². The van der Waals surface area contributed by atoms with E-state index in [4.69, 9.17) is 4.74 Å². The van der Waals surface area contributed by atoms with Crippen LogP contribution in [-0.2, 0) is 6.42 Å². The van der Waals surface area contributed by atoms with Crippen LogP contribution in [0.15, 0.2) is 36.7 Å². The summed E-state index contributed by atoms with van der Waals surface area (Å²) in [4.78, 5) is 21.2. The molecule has 3 heterocycles. The number of halogens is 2. The topological polar surface area (TPSA) is 56.5 Å². The summed E-state index contributed by atoms with van der Waals surface area (Å²) >= 11 is 0. The number of pyridine rings is 2. The van der Waals surface area contributed by atoms with Crippen molar-refractivity contribution in [2.24, 2.45) is 0 Å². The van der Waals surface area contributed by atoms with E-state index in [1.807, 2.05) is 36.7 Å². The van der Waals surface area contributed by atoms with E-state index in [2.05, 4.69) is 9.97 Å². The minimum Gasteiger partial charge on any atom is -0.491 e. The first kappa shape index (κ1) is 18.5. The largest absolute Gasteiger partial charge is 0.491 e. The Labute approximate surface area is 161 Å². The summed E-state index contributed by atoms with van der Waals surface area (Å²) in [6.07, 6.45) is 3.34. The SMILES string of the molecule is CC(C)Oc1cc2nc(C3CC3)cn2cc1CC(=O)c1cccc(C(F)F)n1. The molecule has 0 saturated heterocycles. The molecular formula is C21H21F2N3O2. The molecule has 0 N–H and O–H groups in total. The maximum atomic E-state index is 12.9. The molecule has 0 aromatic carbocycles. The molecule has 1 aliphatic carbocycles. The highest BCUT2D eigenvalue weighted by Crippen LogP contribution is 2.39. The molecule has 1 saturated carbocycles. The standard InChI is InChI=1S/C21H21F2N3O2/c1-12(2)28-19-9-20-25-17(13-6-7-13)11-26(20)10-14(19)8-18(27)15-4-3-5-16(24-15)21(22)23/h3-5,9-13,21H,6-8H2,1-2H3. The van der Waals surface area contributed by atoms with Crippen LogP contribution in [0.2, 0.25) is 0 Å². The van der Waals surface area contributed by atoms with E-state index in [1.165, 1.54) is 18.2 Å². The Bertz CT molecular complexity index is 1030. The summed E-state index contributed by atoms with van der Waals surface area (Å²) in [7, 11) is 0. The summed E-state index contributed by atoms with van der Waals surface area (Å²) in [5.41, 5.74) is 2.12. The fourth-order valence-corrected chi connectivity index (χ4v) is 3.14. The number of nitrogens with zero attached hydrogens (tertiary/aromatic N) is 3. The number of Topliss-reactive ketones (excluding diaryl/α,β-unsaturated/α-hetero) is 1. The van der Waals surface area contributed by atoms with Crippen LogP contribution in [0.4, 0.5) is 8.78 Å². The second kappa shape index (κ2) is 7.30. The van der Waals surface area contributed by atoms with Crippen LogP contribution in [0.3, 0.4) is 0 Å². The third-order valence-electron chi connectivity index (χ3n) is 4.64. The number of rotatable bonds is 7. The van der Waals surface area contributed by atoms with E-state index in [1.54, 1.807) is 0 Å². The van der Waals surface area contributed by atoms with Gasteiger partial charge in [-0.1, -0.05) is 6.07 Å². The van der Waals surface area contributed by atoms with E-state index in [9.17, 15) is 13.6 Å². The number of alkyl halides is 2. The van der Waals surface area contributed by atoms with E-state index in [-0.39, 0.29) is 24.0 Å². The van der Waals surface area contributed by atoms with Crippen molar-refractivity contribution in [3.05, 3.63) is 59.3 Å². The summed E-state index contributed by atoms with van der Waals surface area (Å²) in [5, 5.41) is 0. The molecule has 0 atom stereocenters. The first-order chi connectivity index (χ1) is 13.4. The molecule has 7 heteroatoms. The lowest BCUT2D eigenvalue weighted by atomic mass is 10.1. The number of fused-ring (bicyclic) bond motifs is 1. The Morgan fingerprint density at radius 3 is 2.71 bits per heavy atom. The van der Waals surface area contributed by atoms with Gasteiger partial charge in [0.2, 0.25) is 0 Å². The molecule has 0 amide bonds. The summed E-state index contributed by atoms with van der Waals surface area (Å²) in [6, 6.07) is 5.93. The van der Waals surface area contributed by atoms with Crippen molar-refractivity contribution in [2.75, 3.05) is 0 Å². The van der Waals surface area contributed by atoms with Crippen LogP contribution in [-0.4, -0.2) is 26.3 Å². The zero-order valence-electron chi connectivity index (χ0n) is 15.7. The molecule has 5 nitrogen and oxygen atoms in total. The van der Waals surface area contributed by atoms with Gasteiger partial charge in [-0.2, -0.15) is 0 Å². The fourth-order valence-electron chi connectivity index (χ4n) is 3.14. The third-order valence-corrected chi connectivity index (χ3v) is 4.64. The van der Waals surface area contributed by atoms with Crippen LogP contribution in [0.5, 0.6) is 5.75 Å². The minimum atomic E-state index is -2.71. The van der Waals surface area contributed by atoms with Crippen molar-refractivity contribution < 1.29 is 18.3 Å². The van der Waals surface area contributed by atoms with E-state index < -0.39 is 12.1 Å². The lowest BCUT2D eigenvalue weighted by Gasteiger charge is -2.14. The summed E-state index contributed by atoms with van der Waals surface area (Å²) in [6.45, 7) is 3.81. The minimum absolute atomic E-state index is 0.00856. The van der Waals surface area contributed by atoms with Crippen molar-refractivity contribution in [3.63, 3.8) is 0 Å². The van der Waals surface area contributed by atoms with Crippen molar-refractivity contribution in [2.45, 2.75) is 51.6 Å². The second-order valence-corrected chi connectivity index (χ2v) is 7.38. The van der Waals surface area contributed by atoms with Crippen molar-refractivity contribution in [1.82, 2.24) is 14.4 Å². The zero-order chi connectivity index (χ0) is 19.8.